The Bertz CT molecular complexity index is 472. The molecule has 0 amide bonds. The van der Waals surface area contributed by atoms with Gasteiger partial charge in [-0.1, -0.05) is 25.5 Å². The maximum Gasteiger partial charge on any atom is 0.208 e. The summed E-state index contributed by atoms with van der Waals surface area (Å²) >= 11 is 0. The van der Waals surface area contributed by atoms with Gasteiger partial charge >= 0.3 is 0 Å². The third-order valence-electron chi connectivity index (χ3n) is 2.69. The zero-order valence-corrected chi connectivity index (χ0v) is 13.0. The quantitative estimate of drug-likeness (QED) is 0.643. The number of hydrogen-bond donors (Lipinski definition) is 2. The van der Waals surface area contributed by atoms with E-state index in [4.69, 9.17) is 4.74 Å². The van der Waals surface area contributed by atoms with Gasteiger partial charge < -0.3 is 10.1 Å². The largest absolute Gasteiger partial charge is 0.494 e. The van der Waals surface area contributed by atoms with Crippen LogP contribution in [-0.2, 0) is 16.6 Å². The Kier molecular flexibility index (Phi) is 7.58. The van der Waals surface area contributed by atoms with Crippen LogP contribution in [0, 0.1) is 0 Å². The molecule has 0 fully saturated rings. The van der Waals surface area contributed by atoms with Crippen LogP contribution in [0.15, 0.2) is 24.3 Å². The SMILES string of the molecule is CCCCOc1ccc(CNCCNS(C)(=O)=O)cc1. The minimum atomic E-state index is -3.09. The van der Waals surface area contributed by atoms with E-state index in [0.717, 1.165) is 37.0 Å². The third kappa shape index (κ3) is 8.14. The van der Waals surface area contributed by atoms with Gasteiger partial charge in [-0.2, -0.15) is 0 Å². The molecule has 1 aromatic carbocycles. The van der Waals surface area contributed by atoms with Gasteiger partial charge in [-0.3, -0.25) is 0 Å². The fourth-order valence-corrected chi connectivity index (χ4v) is 2.07. The highest BCUT2D eigenvalue weighted by molar-refractivity contribution is 7.88. The van der Waals surface area contributed by atoms with Crippen molar-refractivity contribution in [3.63, 3.8) is 0 Å². The minimum Gasteiger partial charge on any atom is -0.494 e. The molecule has 0 aliphatic heterocycles. The van der Waals surface area contributed by atoms with E-state index in [1.165, 1.54) is 0 Å². The lowest BCUT2D eigenvalue weighted by Crippen LogP contribution is -2.30. The summed E-state index contributed by atoms with van der Waals surface area (Å²) in [6, 6.07) is 7.94. The molecule has 0 unspecified atom stereocenters. The summed E-state index contributed by atoms with van der Waals surface area (Å²) in [5.41, 5.74) is 1.15. The van der Waals surface area contributed by atoms with Crippen LogP contribution in [0.4, 0.5) is 0 Å². The Morgan fingerprint density at radius 2 is 1.85 bits per heavy atom. The molecular formula is C14H24N2O3S. The topological polar surface area (TPSA) is 67.4 Å². The second kappa shape index (κ2) is 8.94. The summed E-state index contributed by atoms with van der Waals surface area (Å²) < 4.78 is 29.7. The number of sulfonamides is 1. The first-order valence-corrected chi connectivity index (χ1v) is 8.77. The molecule has 0 heterocycles. The average Bonchev–Trinajstić information content (AvgIpc) is 2.39. The van der Waals surface area contributed by atoms with Crippen LogP contribution in [-0.4, -0.2) is 34.4 Å². The van der Waals surface area contributed by atoms with Gasteiger partial charge in [-0.15, -0.1) is 0 Å². The van der Waals surface area contributed by atoms with E-state index < -0.39 is 10.0 Å². The van der Waals surface area contributed by atoms with Gasteiger partial charge in [0.05, 0.1) is 12.9 Å². The summed E-state index contributed by atoms with van der Waals surface area (Å²) in [7, 11) is -3.09. The van der Waals surface area contributed by atoms with E-state index in [1.807, 2.05) is 24.3 Å². The van der Waals surface area contributed by atoms with Gasteiger partial charge in [0.2, 0.25) is 10.0 Å². The minimum absolute atomic E-state index is 0.400. The zero-order valence-electron chi connectivity index (χ0n) is 12.2. The Morgan fingerprint density at radius 1 is 1.15 bits per heavy atom. The van der Waals surface area contributed by atoms with E-state index >= 15 is 0 Å². The predicted octanol–water partition coefficient (Wildman–Crippen LogP) is 1.50. The molecular weight excluding hydrogens is 276 g/mol. The van der Waals surface area contributed by atoms with Crippen molar-refractivity contribution in [2.24, 2.45) is 0 Å². The van der Waals surface area contributed by atoms with Crippen LogP contribution >= 0.6 is 0 Å². The summed E-state index contributed by atoms with van der Waals surface area (Å²) in [6.07, 6.45) is 3.35. The van der Waals surface area contributed by atoms with E-state index in [2.05, 4.69) is 17.0 Å². The maximum atomic E-state index is 10.9. The third-order valence-corrected chi connectivity index (χ3v) is 3.41. The van der Waals surface area contributed by atoms with Crippen molar-refractivity contribution < 1.29 is 13.2 Å². The van der Waals surface area contributed by atoms with Crippen LogP contribution in [0.1, 0.15) is 25.3 Å². The molecule has 114 valence electrons. The molecule has 0 saturated heterocycles. The van der Waals surface area contributed by atoms with Crippen LogP contribution in [0.25, 0.3) is 0 Å². The highest BCUT2D eigenvalue weighted by Crippen LogP contribution is 2.12. The maximum absolute atomic E-state index is 10.9. The van der Waals surface area contributed by atoms with Gasteiger partial charge in [-0.05, 0) is 24.1 Å². The normalized spacial score (nSPS) is 11.5. The van der Waals surface area contributed by atoms with E-state index in [-0.39, 0.29) is 0 Å². The van der Waals surface area contributed by atoms with Crippen molar-refractivity contribution in [2.75, 3.05) is 26.0 Å². The molecule has 0 atom stereocenters. The second-order valence-electron chi connectivity index (χ2n) is 4.69. The van der Waals surface area contributed by atoms with Crippen molar-refractivity contribution in [2.45, 2.75) is 26.3 Å². The molecule has 2 N–H and O–H groups in total. The summed E-state index contributed by atoms with van der Waals surface area (Å²) in [5, 5.41) is 3.18. The zero-order chi connectivity index (χ0) is 14.8. The summed E-state index contributed by atoms with van der Waals surface area (Å²) in [6.45, 7) is 4.60. The Morgan fingerprint density at radius 3 is 2.45 bits per heavy atom. The number of benzene rings is 1. The fraction of sp³-hybridized carbons (Fsp3) is 0.571. The number of nitrogens with one attached hydrogen (secondary N) is 2. The highest BCUT2D eigenvalue weighted by Gasteiger charge is 1.99. The van der Waals surface area contributed by atoms with Gasteiger partial charge in [0.1, 0.15) is 5.75 Å². The van der Waals surface area contributed by atoms with Crippen molar-refractivity contribution in [1.29, 1.82) is 0 Å². The molecule has 0 bridgehead atoms. The van der Waals surface area contributed by atoms with Crippen LogP contribution in [0.2, 0.25) is 0 Å². The van der Waals surface area contributed by atoms with Crippen molar-refractivity contribution >= 4 is 10.0 Å². The molecule has 1 aromatic rings. The Labute approximate surface area is 121 Å². The molecule has 5 nitrogen and oxygen atoms in total. The summed E-state index contributed by atoms with van der Waals surface area (Å²) in [4.78, 5) is 0. The fourth-order valence-electron chi connectivity index (χ4n) is 1.60. The standard InChI is InChI=1S/C14H24N2O3S/c1-3-4-11-19-14-7-5-13(6-8-14)12-15-9-10-16-20(2,17)18/h5-8,15-16H,3-4,9-12H2,1-2H3. The van der Waals surface area contributed by atoms with Gasteiger partial charge in [0.15, 0.2) is 0 Å². The lowest BCUT2D eigenvalue weighted by atomic mass is 10.2. The molecule has 0 aromatic heterocycles. The molecule has 0 spiro atoms. The lowest BCUT2D eigenvalue weighted by molar-refractivity contribution is 0.309. The van der Waals surface area contributed by atoms with Crippen molar-refractivity contribution in [3.8, 4) is 5.75 Å². The highest BCUT2D eigenvalue weighted by atomic mass is 32.2. The number of ether oxygens (including phenoxy) is 1. The van der Waals surface area contributed by atoms with Crippen molar-refractivity contribution in [1.82, 2.24) is 10.0 Å². The average molecular weight is 300 g/mol. The molecule has 0 radical (unpaired) electrons. The first-order valence-electron chi connectivity index (χ1n) is 6.88. The molecule has 0 aliphatic rings. The smallest absolute Gasteiger partial charge is 0.208 e. The number of unbranched alkanes of at least 4 members (excludes halogenated alkanes) is 1. The van der Waals surface area contributed by atoms with Crippen LogP contribution in [0.5, 0.6) is 5.75 Å². The first-order chi connectivity index (χ1) is 9.51. The van der Waals surface area contributed by atoms with Gasteiger partial charge in [0, 0.05) is 19.6 Å². The second-order valence-corrected chi connectivity index (χ2v) is 6.52. The number of rotatable bonds is 10. The van der Waals surface area contributed by atoms with E-state index in [1.54, 1.807) is 0 Å². The number of hydrogen-bond acceptors (Lipinski definition) is 4. The Hall–Kier alpha value is -1.11. The van der Waals surface area contributed by atoms with E-state index in [9.17, 15) is 8.42 Å². The van der Waals surface area contributed by atoms with Gasteiger partial charge in [0.25, 0.3) is 0 Å². The predicted molar refractivity (Wildman–Crippen MR) is 81.4 cm³/mol. The lowest BCUT2D eigenvalue weighted by Gasteiger charge is -2.08. The van der Waals surface area contributed by atoms with Crippen molar-refractivity contribution in [3.05, 3.63) is 29.8 Å². The first kappa shape index (κ1) is 16.9. The molecule has 20 heavy (non-hydrogen) atoms. The molecule has 1 rings (SSSR count). The Balaban J connectivity index is 2.21. The molecule has 0 saturated carbocycles. The molecule has 6 heteroatoms. The van der Waals surface area contributed by atoms with Crippen LogP contribution in [0.3, 0.4) is 0 Å². The van der Waals surface area contributed by atoms with Crippen LogP contribution < -0.4 is 14.8 Å². The molecule has 0 aliphatic carbocycles. The summed E-state index contributed by atoms with van der Waals surface area (Å²) in [5.74, 6) is 0.890. The monoisotopic (exact) mass is 300 g/mol. The van der Waals surface area contributed by atoms with E-state index in [0.29, 0.717) is 19.6 Å². The van der Waals surface area contributed by atoms with Gasteiger partial charge in [-0.25, -0.2) is 13.1 Å².